The average molecular weight is 441 g/mol. The first kappa shape index (κ1) is 22.4. The molecule has 0 spiro atoms. The van der Waals surface area contributed by atoms with Gasteiger partial charge in [0.25, 0.3) is 5.91 Å². The molecule has 0 bridgehead atoms. The fourth-order valence-corrected chi connectivity index (χ4v) is 4.60. The zero-order valence-corrected chi connectivity index (χ0v) is 18.8. The number of carbonyl (C=O) groups is 1. The number of nitrogens with zero attached hydrogens (tertiary/aromatic N) is 2. The predicted octanol–water partition coefficient (Wildman–Crippen LogP) is 4.27. The average Bonchev–Trinajstić information content (AvgIpc) is 3.17. The molecule has 0 saturated carbocycles. The minimum Gasteiger partial charge on any atom is -0.381 e. The largest absolute Gasteiger partial charge is 0.381 e. The van der Waals surface area contributed by atoms with Gasteiger partial charge in [0.05, 0.1) is 6.20 Å². The summed E-state index contributed by atoms with van der Waals surface area (Å²) in [4.78, 5) is 19.3. The third kappa shape index (κ3) is 5.15. The van der Waals surface area contributed by atoms with Crippen LogP contribution in [-0.2, 0) is 4.79 Å². The first-order chi connectivity index (χ1) is 15.2. The van der Waals surface area contributed by atoms with Crippen LogP contribution in [0.15, 0.2) is 42.2 Å². The molecule has 1 saturated heterocycles. The Balaban J connectivity index is 1.48. The van der Waals surface area contributed by atoms with E-state index in [1.807, 2.05) is 25.1 Å². The molecule has 5 nitrogen and oxygen atoms in total. The number of anilines is 1. The van der Waals surface area contributed by atoms with Gasteiger partial charge in [-0.25, -0.2) is 8.78 Å². The van der Waals surface area contributed by atoms with Gasteiger partial charge in [-0.1, -0.05) is 6.07 Å². The van der Waals surface area contributed by atoms with Crippen molar-refractivity contribution in [3.8, 4) is 11.1 Å². The maximum absolute atomic E-state index is 13.9. The number of nitrogens with one attached hydrogen (secondary N) is 2. The van der Waals surface area contributed by atoms with Crippen LogP contribution < -0.4 is 10.6 Å². The van der Waals surface area contributed by atoms with Crippen LogP contribution in [0, 0.1) is 11.7 Å². The Kier molecular flexibility index (Phi) is 6.29. The molecule has 32 heavy (non-hydrogen) atoms. The number of pyridine rings is 1. The molecule has 1 aromatic heterocycles. The first-order valence-electron chi connectivity index (χ1n) is 11.1. The minimum absolute atomic E-state index is 0.107. The maximum Gasteiger partial charge on any atom is 0.251 e. The molecular formula is C25H30F2N4O. The van der Waals surface area contributed by atoms with Crippen molar-refractivity contribution in [2.24, 2.45) is 5.92 Å². The number of halogens is 2. The van der Waals surface area contributed by atoms with Gasteiger partial charge >= 0.3 is 0 Å². The lowest BCUT2D eigenvalue weighted by Crippen LogP contribution is -2.36. The number of amides is 1. The van der Waals surface area contributed by atoms with Crippen molar-refractivity contribution in [1.82, 2.24) is 15.2 Å². The van der Waals surface area contributed by atoms with Crippen LogP contribution in [0.4, 0.5) is 14.5 Å². The minimum atomic E-state index is -1.21. The molecule has 1 aromatic carbocycles. The predicted molar refractivity (Wildman–Crippen MR) is 123 cm³/mol. The lowest BCUT2D eigenvalue weighted by molar-refractivity contribution is -0.115. The number of hydrogen-bond donors (Lipinski definition) is 2. The van der Waals surface area contributed by atoms with E-state index < -0.39 is 11.5 Å². The summed E-state index contributed by atoms with van der Waals surface area (Å²) in [5.41, 5.74) is 3.55. The van der Waals surface area contributed by atoms with Gasteiger partial charge in [0.15, 0.2) is 0 Å². The third-order valence-electron chi connectivity index (χ3n) is 6.05. The molecular weight excluding hydrogens is 410 g/mol. The quantitative estimate of drug-likeness (QED) is 0.704. The Morgan fingerprint density at radius 1 is 1.28 bits per heavy atom. The number of rotatable bonds is 6. The number of likely N-dealkylation sites (tertiary alicyclic amines) is 1. The van der Waals surface area contributed by atoms with Gasteiger partial charge in [-0.15, -0.1) is 0 Å². The Hall–Kier alpha value is -2.80. The molecule has 2 aliphatic heterocycles. The van der Waals surface area contributed by atoms with Gasteiger partial charge in [0.2, 0.25) is 0 Å². The van der Waals surface area contributed by atoms with Gasteiger partial charge in [0.1, 0.15) is 11.5 Å². The monoisotopic (exact) mass is 440 g/mol. The molecule has 7 heteroatoms. The van der Waals surface area contributed by atoms with Gasteiger partial charge < -0.3 is 10.6 Å². The smallest absolute Gasteiger partial charge is 0.251 e. The summed E-state index contributed by atoms with van der Waals surface area (Å²) in [5, 5.41) is 6.44. The van der Waals surface area contributed by atoms with E-state index in [-0.39, 0.29) is 5.91 Å². The van der Waals surface area contributed by atoms with Crippen molar-refractivity contribution in [2.45, 2.75) is 32.9 Å². The Morgan fingerprint density at radius 3 is 2.84 bits per heavy atom. The van der Waals surface area contributed by atoms with Crippen LogP contribution in [0.5, 0.6) is 0 Å². The summed E-state index contributed by atoms with van der Waals surface area (Å²) in [6, 6.07) is 7.17. The number of alkyl halides is 1. The van der Waals surface area contributed by atoms with Crippen molar-refractivity contribution in [1.29, 1.82) is 0 Å². The second-order valence-corrected chi connectivity index (χ2v) is 9.48. The molecule has 1 unspecified atom stereocenters. The van der Waals surface area contributed by atoms with Gasteiger partial charge in [0, 0.05) is 54.8 Å². The summed E-state index contributed by atoms with van der Waals surface area (Å²) >= 11 is 0. The highest BCUT2D eigenvalue weighted by Crippen LogP contribution is 2.35. The second kappa shape index (κ2) is 8.98. The van der Waals surface area contributed by atoms with Crippen molar-refractivity contribution in [3.63, 3.8) is 0 Å². The van der Waals surface area contributed by atoms with E-state index in [0.717, 1.165) is 41.9 Å². The summed E-state index contributed by atoms with van der Waals surface area (Å²) in [5.74, 6) is -0.193. The molecule has 2 aliphatic rings. The third-order valence-corrected chi connectivity index (χ3v) is 6.05. The van der Waals surface area contributed by atoms with E-state index in [9.17, 15) is 13.6 Å². The molecule has 1 fully saturated rings. The van der Waals surface area contributed by atoms with E-state index in [1.165, 1.54) is 12.3 Å². The van der Waals surface area contributed by atoms with Crippen molar-refractivity contribution in [3.05, 3.63) is 53.6 Å². The molecule has 0 radical (unpaired) electrons. The molecule has 2 aromatic rings. The molecule has 1 amide bonds. The van der Waals surface area contributed by atoms with Crippen LogP contribution in [0.3, 0.4) is 0 Å². The maximum atomic E-state index is 13.9. The van der Waals surface area contributed by atoms with Crippen molar-refractivity contribution < 1.29 is 13.6 Å². The molecule has 0 aliphatic carbocycles. The van der Waals surface area contributed by atoms with Crippen molar-refractivity contribution in [2.75, 3.05) is 38.0 Å². The molecule has 2 N–H and O–H groups in total. The number of benzene rings is 1. The summed E-state index contributed by atoms with van der Waals surface area (Å²) in [7, 11) is 0. The van der Waals surface area contributed by atoms with Crippen LogP contribution >= 0.6 is 0 Å². The van der Waals surface area contributed by atoms with Gasteiger partial charge in [-0.2, -0.15) is 0 Å². The van der Waals surface area contributed by atoms with E-state index in [1.54, 1.807) is 20.0 Å². The van der Waals surface area contributed by atoms with Gasteiger partial charge in [-0.05, 0) is 69.0 Å². The van der Waals surface area contributed by atoms with E-state index >= 15 is 0 Å². The summed E-state index contributed by atoms with van der Waals surface area (Å²) in [6.45, 7) is 8.36. The van der Waals surface area contributed by atoms with Crippen LogP contribution in [-0.4, -0.2) is 54.2 Å². The Bertz CT molecular complexity index is 1040. The van der Waals surface area contributed by atoms with Crippen LogP contribution in [0.1, 0.15) is 32.8 Å². The summed E-state index contributed by atoms with van der Waals surface area (Å²) in [6.07, 6.45) is 3.73. The zero-order chi connectivity index (χ0) is 22.9. The SMILES string of the molecule is CC1=C(C(=O)NCC2CCN(CC(C)(C)F)C2)c2cc(-c3cncc(F)c3)ccc2NC1. The number of hydrogen-bond acceptors (Lipinski definition) is 4. The van der Waals surface area contributed by atoms with Crippen LogP contribution in [0.2, 0.25) is 0 Å². The Morgan fingerprint density at radius 2 is 2.09 bits per heavy atom. The Labute approximate surface area is 187 Å². The fraction of sp³-hybridized carbons (Fsp3) is 0.440. The van der Waals surface area contributed by atoms with Gasteiger partial charge in [-0.3, -0.25) is 14.7 Å². The second-order valence-electron chi connectivity index (χ2n) is 9.48. The topological polar surface area (TPSA) is 57.3 Å². The highest BCUT2D eigenvalue weighted by molar-refractivity contribution is 6.22. The lowest BCUT2D eigenvalue weighted by Gasteiger charge is -2.24. The molecule has 3 heterocycles. The number of aromatic nitrogens is 1. The van der Waals surface area contributed by atoms with Crippen LogP contribution in [0.25, 0.3) is 16.7 Å². The highest BCUT2D eigenvalue weighted by atomic mass is 19.1. The van der Waals surface area contributed by atoms with E-state index in [2.05, 4.69) is 20.5 Å². The lowest BCUT2D eigenvalue weighted by atomic mass is 9.91. The standard InChI is InChI=1S/C25H30F2N4O/c1-16-10-29-22-5-4-18(19-8-20(26)13-28-12-19)9-21(22)23(16)24(32)30-11-17-6-7-31(14-17)15-25(2,3)27/h4-5,8-9,12-13,17,29H,6-7,10-11,14-15H2,1-3H3,(H,30,32). The summed E-state index contributed by atoms with van der Waals surface area (Å²) < 4.78 is 27.6. The molecule has 4 rings (SSSR count). The highest BCUT2D eigenvalue weighted by Gasteiger charge is 2.29. The molecule has 1 atom stereocenters. The first-order valence-corrected chi connectivity index (χ1v) is 11.1. The number of fused-ring (bicyclic) bond motifs is 1. The number of carbonyl (C=O) groups excluding carboxylic acids is 1. The van der Waals surface area contributed by atoms with E-state index in [4.69, 9.17) is 0 Å². The van der Waals surface area contributed by atoms with E-state index in [0.29, 0.717) is 36.7 Å². The normalized spacial score (nSPS) is 19.0. The fourth-order valence-electron chi connectivity index (χ4n) is 4.60. The molecule has 170 valence electrons. The zero-order valence-electron chi connectivity index (χ0n) is 18.8. The van der Waals surface area contributed by atoms with Crippen molar-refractivity contribution >= 4 is 17.2 Å².